The van der Waals surface area contributed by atoms with Gasteiger partial charge in [0.2, 0.25) is 0 Å². The highest BCUT2D eigenvalue weighted by Gasteiger charge is 2.04. The second-order valence-corrected chi connectivity index (χ2v) is 4.15. The van der Waals surface area contributed by atoms with Gasteiger partial charge < -0.3 is 5.11 Å². The molecule has 0 spiro atoms. The van der Waals surface area contributed by atoms with Crippen molar-refractivity contribution in [2.24, 2.45) is 0 Å². The smallest absolute Gasteiger partial charge is 0.116 e. The van der Waals surface area contributed by atoms with Gasteiger partial charge in [-0.1, -0.05) is 36.4 Å². The van der Waals surface area contributed by atoms with Gasteiger partial charge in [-0.3, -0.25) is 0 Å². The Bertz CT molecular complexity index is 683. The van der Waals surface area contributed by atoms with Crippen molar-refractivity contribution in [3.05, 3.63) is 54.1 Å². The third kappa shape index (κ3) is 1.25. The molecule has 0 aromatic heterocycles. The quantitative estimate of drug-likeness (QED) is 0.553. The molecular weight excluding hydrogens is 196 g/mol. The van der Waals surface area contributed by atoms with Gasteiger partial charge in [0, 0.05) is 0 Å². The monoisotopic (exact) mass is 208 g/mol. The van der Waals surface area contributed by atoms with Gasteiger partial charge in [0.05, 0.1) is 0 Å². The van der Waals surface area contributed by atoms with E-state index in [1.807, 2.05) is 31.2 Å². The summed E-state index contributed by atoms with van der Waals surface area (Å²) in [5.41, 5.74) is 1.12. The van der Waals surface area contributed by atoms with Gasteiger partial charge in [-0.25, -0.2) is 0 Å². The van der Waals surface area contributed by atoms with Crippen LogP contribution in [0, 0.1) is 6.92 Å². The van der Waals surface area contributed by atoms with Crippen LogP contribution in [-0.4, -0.2) is 5.11 Å². The highest BCUT2D eigenvalue weighted by molar-refractivity contribution is 6.09. The Hall–Kier alpha value is -2.02. The van der Waals surface area contributed by atoms with Crippen molar-refractivity contribution in [1.29, 1.82) is 0 Å². The molecule has 0 saturated heterocycles. The number of hydrogen-bond donors (Lipinski definition) is 1. The highest BCUT2D eigenvalue weighted by Crippen LogP contribution is 2.30. The second-order valence-electron chi connectivity index (χ2n) is 4.15. The first-order valence-corrected chi connectivity index (χ1v) is 5.37. The Morgan fingerprint density at radius 2 is 1.62 bits per heavy atom. The fraction of sp³-hybridized carbons (Fsp3) is 0.0667. The van der Waals surface area contributed by atoms with Crippen LogP contribution in [0.4, 0.5) is 0 Å². The Labute approximate surface area is 94.0 Å². The highest BCUT2D eigenvalue weighted by atomic mass is 16.3. The summed E-state index contributed by atoms with van der Waals surface area (Å²) in [6.07, 6.45) is 0. The molecule has 0 aliphatic rings. The molecule has 0 unspecified atom stereocenters. The maximum atomic E-state index is 9.58. The molecule has 1 N–H and O–H groups in total. The van der Waals surface area contributed by atoms with Crippen molar-refractivity contribution in [1.82, 2.24) is 0 Å². The predicted molar refractivity (Wildman–Crippen MR) is 67.9 cm³/mol. The molecule has 3 aromatic rings. The summed E-state index contributed by atoms with van der Waals surface area (Å²) < 4.78 is 0. The first kappa shape index (κ1) is 9.22. The Balaban J connectivity index is 2.60. The molecule has 1 nitrogen and oxygen atoms in total. The first-order chi connectivity index (χ1) is 7.75. The molecule has 0 amide bonds. The van der Waals surface area contributed by atoms with Crippen molar-refractivity contribution in [3.8, 4) is 5.75 Å². The lowest BCUT2D eigenvalue weighted by Crippen LogP contribution is -1.81. The number of fused-ring (bicyclic) bond motifs is 3. The van der Waals surface area contributed by atoms with Gasteiger partial charge in [-0.05, 0) is 46.2 Å². The topological polar surface area (TPSA) is 20.2 Å². The molecule has 0 radical (unpaired) electrons. The fourth-order valence-corrected chi connectivity index (χ4v) is 2.34. The van der Waals surface area contributed by atoms with Crippen LogP contribution in [0.15, 0.2) is 48.5 Å². The molecule has 0 fully saturated rings. The van der Waals surface area contributed by atoms with E-state index in [-0.39, 0.29) is 0 Å². The second kappa shape index (κ2) is 3.24. The number of aryl methyl sites for hydroxylation is 1. The number of phenols is 1. The maximum Gasteiger partial charge on any atom is 0.116 e. The molecule has 0 bridgehead atoms. The van der Waals surface area contributed by atoms with E-state index in [0.717, 1.165) is 10.9 Å². The van der Waals surface area contributed by atoms with Crippen LogP contribution < -0.4 is 0 Å². The lowest BCUT2D eigenvalue weighted by atomic mass is 9.98. The molecular formula is C15H12O. The molecule has 3 rings (SSSR count). The minimum atomic E-state index is 0.334. The minimum Gasteiger partial charge on any atom is -0.508 e. The Morgan fingerprint density at radius 1 is 0.875 bits per heavy atom. The number of hydrogen-bond acceptors (Lipinski definition) is 1. The lowest BCUT2D eigenvalue weighted by molar-refractivity contribution is 0.476. The molecule has 0 aliphatic carbocycles. The number of aromatic hydroxyl groups is 1. The zero-order valence-corrected chi connectivity index (χ0v) is 9.07. The SMILES string of the molecule is Cc1cc(O)cc2ccc3ccccc3c12. The van der Waals surface area contributed by atoms with Gasteiger partial charge in [0.25, 0.3) is 0 Å². The third-order valence-electron chi connectivity index (χ3n) is 3.02. The fourth-order valence-electron chi connectivity index (χ4n) is 2.34. The standard InChI is InChI=1S/C15H12O/c1-10-8-13(16)9-12-7-6-11-4-2-3-5-14(11)15(10)12/h2-9,16H,1H3. The van der Waals surface area contributed by atoms with Gasteiger partial charge >= 0.3 is 0 Å². The third-order valence-corrected chi connectivity index (χ3v) is 3.02. The molecule has 16 heavy (non-hydrogen) atoms. The normalized spacial score (nSPS) is 11.1. The van der Waals surface area contributed by atoms with E-state index < -0.39 is 0 Å². The summed E-state index contributed by atoms with van der Waals surface area (Å²) in [6.45, 7) is 2.04. The van der Waals surface area contributed by atoms with Crippen molar-refractivity contribution >= 4 is 21.5 Å². The average molecular weight is 208 g/mol. The average Bonchev–Trinajstić information content (AvgIpc) is 2.28. The van der Waals surface area contributed by atoms with Gasteiger partial charge in [0.15, 0.2) is 0 Å². The van der Waals surface area contributed by atoms with E-state index in [1.54, 1.807) is 0 Å². The summed E-state index contributed by atoms with van der Waals surface area (Å²) in [5.74, 6) is 0.334. The van der Waals surface area contributed by atoms with Gasteiger partial charge in [-0.2, -0.15) is 0 Å². The van der Waals surface area contributed by atoms with Crippen LogP contribution in [0.2, 0.25) is 0 Å². The van der Waals surface area contributed by atoms with Crippen LogP contribution in [-0.2, 0) is 0 Å². The van der Waals surface area contributed by atoms with E-state index in [9.17, 15) is 5.11 Å². The zero-order chi connectivity index (χ0) is 11.1. The summed E-state index contributed by atoms with van der Waals surface area (Å²) in [4.78, 5) is 0. The molecule has 0 heterocycles. The van der Waals surface area contributed by atoms with Crippen molar-refractivity contribution in [3.63, 3.8) is 0 Å². The van der Waals surface area contributed by atoms with Crippen LogP contribution in [0.25, 0.3) is 21.5 Å². The molecule has 1 heteroatoms. The molecule has 0 saturated carbocycles. The van der Waals surface area contributed by atoms with Crippen molar-refractivity contribution in [2.75, 3.05) is 0 Å². The predicted octanol–water partition coefficient (Wildman–Crippen LogP) is 4.01. The number of phenolic OH excluding ortho intramolecular Hbond substituents is 1. The van der Waals surface area contributed by atoms with Gasteiger partial charge in [0.1, 0.15) is 5.75 Å². The lowest BCUT2D eigenvalue weighted by Gasteiger charge is -2.07. The Kier molecular flexibility index (Phi) is 1.87. The van der Waals surface area contributed by atoms with Crippen LogP contribution in [0.5, 0.6) is 5.75 Å². The largest absolute Gasteiger partial charge is 0.508 e. The van der Waals surface area contributed by atoms with Crippen molar-refractivity contribution in [2.45, 2.75) is 6.92 Å². The summed E-state index contributed by atoms with van der Waals surface area (Å²) in [7, 11) is 0. The number of rotatable bonds is 0. The molecule has 78 valence electrons. The zero-order valence-electron chi connectivity index (χ0n) is 9.07. The van der Waals surface area contributed by atoms with Crippen LogP contribution in [0.3, 0.4) is 0 Å². The molecule has 0 atom stereocenters. The summed E-state index contributed by atoms with van der Waals surface area (Å²) in [6, 6.07) is 16.1. The first-order valence-electron chi connectivity index (χ1n) is 5.37. The minimum absolute atomic E-state index is 0.334. The van der Waals surface area contributed by atoms with E-state index >= 15 is 0 Å². The van der Waals surface area contributed by atoms with Crippen LogP contribution >= 0.6 is 0 Å². The van der Waals surface area contributed by atoms with E-state index in [4.69, 9.17) is 0 Å². The summed E-state index contributed by atoms with van der Waals surface area (Å²) in [5, 5.41) is 14.4. The van der Waals surface area contributed by atoms with E-state index in [2.05, 4.69) is 24.3 Å². The molecule has 3 aromatic carbocycles. The van der Waals surface area contributed by atoms with Crippen LogP contribution in [0.1, 0.15) is 5.56 Å². The Morgan fingerprint density at radius 3 is 2.50 bits per heavy atom. The maximum absolute atomic E-state index is 9.58. The van der Waals surface area contributed by atoms with Crippen molar-refractivity contribution < 1.29 is 5.11 Å². The molecule has 0 aliphatic heterocycles. The van der Waals surface area contributed by atoms with E-state index in [0.29, 0.717) is 5.75 Å². The van der Waals surface area contributed by atoms with E-state index in [1.165, 1.54) is 16.2 Å². The number of benzene rings is 3. The summed E-state index contributed by atoms with van der Waals surface area (Å²) >= 11 is 0. The van der Waals surface area contributed by atoms with Gasteiger partial charge in [-0.15, -0.1) is 0 Å².